The molecule has 0 spiro atoms. The van der Waals surface area contributed by atoms with Gasteiger partial charge in [0.15, 0.2) is 0 Å². The molecule has 0 unspecified atom stereocenters. The van der Waals surface area contributed by atoms with E-state index in [1.54, 1.807) is 7.11 Å². The number of thiocarbonyl (C=S) groups is 1. The van der Waals surface area contributed by atoms with Crippen molar-refractivity contribution >= 4 is 22.9 Å². The third kappa shape index (κ3) is 4.20. The van der Waals surface area contributed by atoms with Crippen LogP contribution >= 0.6 is 12.2 Å². The maximum atomic E-state index is 5.66. The fourth-order valence-electron chi connectivity index (χ4n) is 1.41. The first kappa shape index (κ1) is 13.7. The van der Waals surface area contributed by atoms with E-state index in [0.717, 1.165) is 17.0 Å². The smallest absolute Gasteiger partial charge is 0.120 e. The van der Waals surface area contributed by atoms with E-state index in [2.05, 4.69) is 5.32 Å². The van der Waals surface area contributed by atoms with Gasteiger partial charge in [-0.3, -0.25) is 0 Å². The van der Waals surface area contributed by atoms with Gasteiger partial charge in [-0.1, -0.05) is 12.2 Å². The minimum atomic E-state index is 0.367. The lowest BCUT2D eigenvalue weighted by Crippen LogP contribution is -2.16. The first-order valence-electron chi connectivity index (χ1n) is 5.48. The second kappa shape index (κ2) is 7.09. The number of anilines is 1. The summed E-state index contributed by atoms with van der Waals surface area (Å²) in [7, 11) is 1.62. The molecule has 0 bridgehead atoms. The number of ether oxygens (including phenoxy) is 2. The molecule has 0 aromatic heterocycles. The van der Waals surface area contributed by atoms with Crippen molar-refractivity contribution in [1.82, 2.24) is 0 Å². The quantitative estimate of drug-likeness (QED) is 0.574. The van der Waals surface area contributed by atoms with E-state index in [9.17, 15) is 0 Å². The summed E-state index contributed by atoms with van der Waals surface area (Å²) in [4.78, 5) is 0.367. The third-order valence-corrected chi connectivity index (χ3v) is 2.48. The lowest BCUT2D eigenvalue weighted by atomic mass is 10.1. The molecule has 0 heterocycles. The van der Waals surface area contributed by atoms with Crippen LogP contribution in [0, 0.1) is 0 Å². The van der Waals surface area contributed by atoms with E-state index in [0.29, 0.717) is 24.7 Å². The van der Waals surface area contributed by atoms with Crippen molar-refractivity contribution in [2.24, 2.45) is 5.73 Å². The van der Waals surface area contributed by atoms with Gasteiger partial charge < -0.3 is 20.5 Å². The van der Waals surface area contributed by atoms with Crippen LogP contribution < -0.4 is 15.8 Å². The van der Waals surface area contributed by atoms with Crippen LogP contribution in [0.25, 0.3) is 0 Å². The Morgan fingerprint density at radius 1 is 1.47 bits per heavy atom. The zero-order valence-electron chi connectivity index (χ0n) is 10.2. The highest BCUT2D eigenvalue weighted by molar-refractivity contribution is 7.80. The second-order valence-corrected chi connectivity index (χ2v) is 3.84. The number of benzene rings is 1. The van der Waals surface area contributed by atoms with Gasteiger partial charge in [-0.2, -0.15) is 0 Å². The van der Waals surface area contributed by atoms with Gasteiger partial charge in [-0.05, 0) is 19.1 Å². The lowest BCUT2D eigenvalue weighted by molar-refractivity contribution is 0.158. The van der Waals surface area contributed by atoms with Gasteiger partial charge in [0.1, 0.15) is 10.7 Å². The average molecular weight is 254 g/mol. The van der Waals surface area contributed by atoms with Gasteiger partial charge in [0.25, 0.3) is 0 Å². The maximum Gasteiger partial charge on any atom is 0.120 e. The topological polar surface area (TPSA) is 56.5 Å². The van der Waals surface area contributed by atoms with Crippen molar-refractivity contribution in [3.05, 3.63) is 23.8 Å². The van der Waals surface area contributed by atoms with Gasteiger partial charge in [0, 0.05) is 30.5 Å². The van der Waals surface area contributed by atoms with Crippen LogP contribution in [-0.4, -0.2) is 31.9 Å². The highest BCUT2D eigenvalue weighted by Crippen LogP contribution is 2.22. The maximum absolute atomic E-state index is 5.66. The molecular weight excluding hydrogens is 236 g/mol. The molecule has 0 saturated carbocycles. The van der Waals surface area contributed by atoms with E-state index < -0.39 is 0 Å². The number of nitrogens with one attached hydrogen (secondary N) is 1. The predicted octanol–water partition coefficient (Wildman–Crippen LogP) is 1.78. The standard InChI is InChI=1S/C12H18N2O2S/c1-3-16-7-6-14-11-8-9(15-2)4-5-10(11)12(13)17/h4-5,8,14H,3,6-7H2,1-2H3,(H2,13,17). The fraction of sp³-hybridized carbons (Fsp3) is 0.417. The summed E-state index contributed by atoms with van der Waals surface area (Å²) in [6, 6.07) is 5.56. The summed E-state index contributed by atoms with van der Waals surface area (Å²) < 4.78 is 10.4. The lowest BCUT2D eigenvalue weighted by Gasteiger charge is -2.12. The fourth-order valence-corrected chi connectivity index (χ4v) is 1.59. The summed E-state index contributed by atoms with van der Waals surface area (Å²) >= 11 is 5.00. The second-order valence-electron chi connectivity index (χ2n) is 3.40. The number of nitrogens with two attached hydrogens (primary N) is 1. The van der Waals surface area contributed by atoms with Crippen molar-refractivity contribution in [2.75, 3.05) is 32.2 Å². The highest BCUT2D eigenvalue weighted by atomic mass is 32.1. The summed E-state index contributed by atoms with van der Waals surface area (Å²) in [5.41, 5.74) is 7.34. The number of hydrogen-bond donors (Lipinski definition) is 2. The van der Waals surface area contributed by atoms with Crippen molar-refractivity contribution in [3.8, 4) is 5.75 Å². The Hall–Kier alpha value is -1.33. The first-order valence-corrected chi connectivity index (χ1v) is 5.89. The average Bonchev–Trinajstić information content (AvgIpc) is 2.34. The van der Waals surface area contributed by atoms with Crippen LogP contribution in [0.4, 0.5) is 5.69 Å². The molecule has 5 heteroatoms. The molecule has 1 aromatic rings. The van der Waals surface area contributed by atoms with Crippen LogP contribution in [0.3, 0.4) is 0 Å². The Labute approximate surface area is 107 Å². The Kier molecular flexibility index (Phi) is 5.72. The molecule has 0 saturated heterocycles. The van der Waals surface area contributed by atoms with Gasteiger partial charge in [0.05, 0.1) is 13.7 Å². The van der Waals surface area contributed by atoms with Gasteiger partial charge in [-0.15, -0.1) is 0 Å². The molecule has 0 radical (unpaired) electrons. The van der Waals surface area contributed by atoms with Crippen LogP contribution in [0.2, 0.25) is 0 Å². The monoisotopic (exact) mass is 254 g/mol. The van der Waals surface area contributed by atoms with Gasteiger partial charge in [-0.25, -0.2) is 0 Å². The molecule has 0 amide bonds. The molecule has 0 atom stereocenters. The molecule has 0 aliphatic rings. The first-order chi connectivity index (χ1) is 8.19. The molecule has 4 nitrogen and oxygen atoms in total. The van der Waals surface area contributed by atoms with E-state index in [1.807, 2.05) is 25.1 Å². The van der Waals surface area contributed by atoms with Crippen LogP contribution in [-0.2, 0) is 4.74 Å². The predicted molar refractivity (Wildman–Crippen MR) is 73.9 cm³/mol. The largest absolute Gasteiger partial charge is 0.497 e. The molecule has 1 aromatic carbocycles. The van der Waals surface area contributed by atoms with E-state index in [4.69, 9.17) is 27.4 Å². The Morgan fingerprint density at radius 3 is 2.82 bits per heavy atom. The van der Waals surface area contributed by atoms with Gasteiger partial charge in [0.2, 0.25) is 0 Å². The summed E-state index contributed by atoms with van der Waals surface area (Å²) in [6.45, 7) is 4.02. The summed E-state index contributed by atoms with van der Waals surface area (Å²) in [5.74, 6) is 0.768. The van der Waals surface area contributed by atoms with Crippen molar-refractivity contribution in [3.63, 3.8) is 0 Å². The van der Waals surface area contributed by atoms with Crippen LogP contribution in [0.15, 0.2) is 18.2 Å². The highest BCUT2D eigenvalue weighted by Gasteiger charge is 2.06. The van der Waals surface area contributed by atoms with Gasteiger partial charge >= 0.3 is 0 Å². The van der Waals surface area contributed by atoms with Crippen LogP contribution in [0.1, 0.15) is 12.5 Å². The summed E-state index contributed by atoms with van der Waals surface area (Å²) in [6.07, 6.45) is 0. The molecule has 17 heavy (non-hydrogen) atoms. The van der Waals surface area contributed by atoms with E-state index in [-0.39, 0.29) is 0 Å². The molecule has 3 N–H and O–H groups in total. The number of methoxy groups -OCH3 is 1. The Morgan fingerprint density at radius 2 is 2.24 bits per heavy atom. The molecule has 94 valence electrons. The zero-order chi connectivity index (χ0) is 12.7. The Bertz CT molecular complexity index is 383. The van der Waals surface area contributed by atoms with Crippen molar-refractivity contribution in [1.29, 1.82) is 0 Å². The van der Waals surface area contributed by atoms with E-state index >= 15 is 0 Å². The number of hydrogen-bond acceptors (Lipinski definition) is 4. The zero-order valence-corrected chi connectivity index (χ0v) is 11.0. The normalized spacial score (nSPS) is 10.0. The van der Waals surface area contributed by atoms with Crippen molar-refractivity contribution < 1.29 is 9.47 Å². The SMILES string of the molecule is CCOCCNc1cc(OC)ccc1C(N)=S. The molecule has 0 aliphatic carbocycles. The molecule has 0 fully saturated rings. The number of rotatable bonds is 7. The minimum Gasteiger partial charge on any atom is -0.497 e. The van der Waals surface area contributed by atoms with E-state index in [1.165, 1.54) is 0 Å². The molecule has 0 aliphatic heterocycles. The Balaban J connectivity index is 2.75. The van der Waals surface area contributed by atoms with Crippen molar-refractivity contribution in [2.45, 2.75) is 6.92 Å². The summed E-state index contributed by atoms with van der Waals surface area (Å²) in [5, 5.41) is 3.23. The third-order valence-electron chi connectivity index (χ3n) is 2.26. The molecule has 1 rings (SSSR count). The molecular formula is C12H18N2O2S. The van der Waals surface area contributed by atoms with Crippen LogP contribution in [0.5, 0.6) is 5.75 Å². The minimum absolute atomic E-state index is 0.367.